The first-order chi connectivity index (χ1) is 7.63. The zero-order valence-electron chi connectivity index (χ0n) is 9.37. The Morgan fingerprint density at radius 3 is 3.00 bits per heavy atom. The highest BCUT2D eigenvalue weighted by atomic mass is 19.1. The van der Waals surface area contributed by atoms with E-state index in [1.807, 2.05) is 6.92 Å². The van der Waals surface area contributed by atoms with Crippen molar-refractivity contribution in [3.05, 3.63) is 29.6 Å². The minimum Gasteiger partial charge on any atom is -0.452 e. The molecule has 0 unspecified atom stereocenters. The molecule has 0 aromatic heterocycles. The van der Waals surface area contributed by atoms with Crippen molar-refractivity contribution in [3.63, 3.8) is 0 Å². The summed E-state index contributed by atoms with van der Waals surface area (Å²) in [7, 11) is 1.35. The van der Waals surface area contributed by atoms with Gasteiger partial charge in [0.15, 0.2) is 0 Å². The molecule has 0 spiro atoms. The summed E-state index contributed by atoms with van der Waals surface area (Å²) in [4.78, 5) is 13.2. The van der Waals surface area contributed by atoms with Gasteiger partial charge in [0.1, 0.15) is 5.82 Å². The van der Waals surface area contributed by atoms with E-state index in [1.165, 1.54) is 19.2 Å². The average Bonchev–Trinajstić information content (AvgIpc) is 2.28. The second-order valence-corrected chi connectivity index (χ2v) is 4.00. The van der Waals surface area contributed by atoms with Crippen LogP contribution in [-0.4, -0.2) is 19.2 Å². The number of anilines is 1. The Bertz CT molecular complexity index is 419. The smallest absolute Gasteiger partial charge is 0.414 e. The standard InChI is InChI=1S/C12H14FNO2/c1-8-3-4-9-7-10(13)5-6-11(9)14(8)12(15)16-2/h5-8H,3-4H2,1-2H3/t8-/m1/s1. The number of ether oxygens (including phenoxy) is 1. The van der Waals surface area contributed by atoms with Crippen LogP contribution in [0.25, 0.3) is 0 Å². The lowest BCUT2D eigenvalue weighted by molar-refractivity contribution is 0.175. The summed E-state index contributed by atoms with van der Waals surface area (Å²) < 4.78 is 17.8. The largest absolute Gasteiger partial charge is 0.452 e. The molecule has 0 saturated carbocycles. The van der Waals surface area contributed by atoms with Crippen LogP contribution >= 0.6 is 0 Å². The van der Waals surface area contributed by atoms with Gasteiger partial charge < -0.3 is 4.74 Å². The number of hydrogen-bond acceptors (Lipinski definition) is 2. The molecule has 0 aliphatic carbocycles. The summed E-state index contributed by atoms with van der Waals surface area (Å²) in [6.07, 6.45) is 1.23. The lowest BCUT2D eigenvalue weighted by atomic mass is 9.97. The number of halogens is 1. The van der Waals surface area contributed by atoms with Crippen LogP contribution in [0.2, 0.25) is 0 Å². The summed E-state index contributed by atoms with van der Waals surface area (Å²) in [6, 6.07) is 4.58. The highest BCUT2D eigenvalue weighted by molar-refractivity contribution is 5.89. The van der Waals surface area contributed by atoms with Crippen LogP contribution < -0.4 is 4.90 Å². The molecule has 3 nitrogen and oxygen atoms in total. The second-order valence-electron chi connectivity index (χ2n) is 4.00. The summed E-state index contributed by atoms with van der Waals surface area (Å²) in [5.41, 5.74) is 1.62. The molecule has 1 aromatic carbocycles. The third-order valence-corrected chi connectivity index (χ3v) is 2.94. The fraction of sp³-hybridized carbons (Fsp3) is 0.417. The van der Waals surface area contributed by atoms with Crippen LogP contribution in [0.3, 0.4) is 0 Å². The molecule has 16 heavy (non-hydrogen) atoms. The normalized spacial score (nSPS) is 19.2. The molecule has 0 fully saturated rings. The van der Waals surface area contributed by atoms with Crippen molar-refractivity contribution in [2.75, 3.05) is 12.0 Å². The van der Waals surface area contributed by atoms with Crippen molar-refractivity contribution in [2.45, 2.75) is 25.8 Å². The van der Waals surface area contributed by atoms with Gasteiger partial charge in [0.2, 0.25) is 0 Å². The number of nitrogens with zero attached hydrogens (tertiary/aromatic N) is 1. The zero-order valence-corrected chi connectivity index (χ0v) is 9.37. The Balaban J connectivity index is 2.44. The van der Waals surface area contributed by atoms with E-state index in [0.29, 0.717) is 0 Å². The van der Waals surface area contributed by atoms with Crippen LogP contribution in [0.5, 0.6) is 0 Å². The van der Waals surface area contributed by atoms with Gasteiger partial charge in [-0.05, 0) is 43.5 Å². The number of benzene rings is 1. The van der Waals surface area contributed by atoms with Crippen molar-refractivity contribution in [3.8, 4) is 0 Å². The first-order valence-electron chi connectivity index (χ1n) is 5.29. The van der Waals surface area contributed by atoms with Crippen molar-refractivity contribution in [1.29, 1.82) is 0 Å². The number of carbonyl (C=O) groups excluding carboxylic acids is 1. The average molecular weight is 223 g/mol. The number of fused-ring (bicyclic) bond motifs is 1. The van der Waals surface area contributed by atoms with Crippen LogP contribution in [0.4, 0.5) is 14.9 Å². The van der Waals surface area contributed by atoms with E-state index < -0.39 is 0 Å². The third kappa shape index (κ3) is 1.75. The van der Waals surface area contributed by atoms with Gasteiger partial charge in [-0.3, -0.25) is 4.90 Å². The van der Waals surface area contributed by atoms with Gasteiger partial charge in [0.25, 0.3) is 0 Å². The van der Waals surface area contributed by atoms with E-state index in [1.54, 1.807) is 11.0 Å². The Morgan fingerprint density at radius 1 is 1.56 bits per heavy atom. The summed E-state index contributed by atoms with van der Waals surface area (Å²) in [6.45, 7) is 1.96. The highest BCUT2D eigenvalue weighted by Crippen LogP contribution is 2.31. The van der Waals surface area contributed by atoms with Crippen molar-refractivity contribution >= 4 is 11.8 Å². The maximum atomic E-state index is 13.1. The fourth-order valence-corrected chi connectivity index (χ4v) is 2.10. The molecule has 1 aromatic rings. The number of hydrogen-bond donors (Lipinski definition) is 0. The summed E-state index contributed by atoms with van der Waals surface area (Å²) in [5, 5.41) is 0. The molecular formula is C12H14FNO2. The van der Waals surface area contributed by atoms with Crippen LogP contribution in [0.15, 0.2) is 18.2 Å². The van der Waals surface area contributed by atoms with Crippen molar-refractivity contribution in [2.24, 2.45) is 0 Å². The van der Waals surface area contributed by atoms with Gasteiger partial charge in [-0.25, -0.2) is 9.18 Å². The number of rotatable bonds is 0. The monoisotopic (exact) mass is 223 g/mol. The predicted molar refractivity (Wildman–Crippen MR) is 59.1 cm³/mol. The zero-order chi connectivity index (χ0) is 11.7. The van der Waals surface area contributed by atoms with E-state index in [4.69, 9.17) is 4.74 Å². The second kappa shape index (κ2) is 4.12. The Morgan fingerprint density at radius 2 is 2.31 bits per heavy atom. The summed E-state index contributed by atoms with van der Waals surface area (Å²) >= 11 is 0. The maximum Gasteiger partial charge on any atom is 0.414 e. The SMILES string of the molecule is COC(=O)N1c2ccc(F)cc2CC[C@H]1C. The van der Waals surface area contributed by atoms with E-state index in [-0.39, 0.29) is 18.0 Å². The van der Waals surface area contributed by atoms with Gasteiger partial charge in [0.05, 0.1) is 12.8 Å². The minimum atomic E-state index is -0.389. The van der Waals surface area contributed by atoms with Crippen LogP contribution in [-0.2, 0) is 11.2 Å². The molecule has 0 N–H and O–H groups in total. The Kier molecular flexibility index (Phi) is 2.81. The van der Waals surface area contributed by atoms with Crippen LogP contribution in [0.1, 0.15) is 18.9 Å². The lowest BCUT2D eigenvalue weighted by Gasteiger charge is -2.33. The van der Waals surface area contributed by atoms with E-state index in [0.717, 1.165) is 24.1 Å². The number of aryl methyl sites for hydroxylation is 1. The van der Waals surface area contributed by atoms with E-state index >= 15 is 0 Å². The maximum absolute atomic E-state index is 13.1. The lowest BCUT2D eigenvalue weighted by Crippen LogP contribution is -2.42. The molecule has 0 radical (unpaired) electrons. The molecule has 0 bridgehead atoms. The molecule has 4 heteroatoms. The summed E-state index contributed by atoms with van der Waals surface area (Å²) in [5.74, 6) is -0.266. The third-order valence-electron chi connectivity index (χ3n) is 2.94. The Hall–Kier alpha value is -1.58. The Labute approximate surface area is 93.8 Å². The van der Waals surface area contributed by atoms with Gasteiger partial charge in [0, 0.05) is 6.04 Å². The quantitative estimate of drug-likeness (QED) is 0.676. The fourth-order valence-electron chi connectivity index (χ4n) is 2.10. The van der Waals surface area contributed by atoms with Gasteiger partial charge in [-0.1, -0.05) is 0 Å². The highest BCUT2D eigenvalue weighted by Gasteiger charge is 2.28. The number of methoxy groups -OCH3 is 1. The molecule has 1 heterocycles. The molecule has 0 saturated heterocycles. The molecule has 1 amide bonds. The van der Waals surface area contributed by atoms with Gasteiger partial charge in [-0.15, -0.1) is 0 Å². The number of amides is 1. The first kappa shape index (κ1) is 10.9. The topological polar surface area (TPSA) is 29.5 Å². The molecule has 86 valence electrons. The van der Waals surface area contributed by atoms with Crippen molar-refractivity contribution in [1.82, 2.24) is 0 Å². The molecule has 1 atom stereocenters. The molecule has 1 aliphatic rings. The molecule has 2 rings (SSSR count). The minimum absolute atomic E-state index is 0.0883. The predicted octanol–water partition coefficient (Wildman–Crippen LogP) is 2.73. The molecular weight excluding hydrogens is 209 g/mol. The van der Waals surface area contributed by atoms with Crippen LogP contribution in [0, 0.1) is 5.82 Å². The van der Waals surface area contributed by atoms with Gasteiger partial charge >= 0.3 is 6.09 Å². The first-order valence-corrected chi connectivity index (χ1v) is 5.29. The number of carbonyl (C=O) groups is 1. The van der Waals surface area contributed by atoms with E-state index in [9.17, 15) is 9.18 Å². The van der Waals surface area contributed by atoms with E-state index in [2.05, 4.69) is 0 Å². The van der Waals surface area contributed by atoms with Crippen molar-refractivity contribution < 1.29 is 13.9 Å². The molecule has 1 aliphatic heterocycles. The van der Waals surface area contributed by atoms with Gasteiger partial charge in [-0.2, -0.15) is 0 Å².